The number of carbonyl (C=O) groups is 2. The molecular weight excluding hydrogens is 357 g/mol. The molecule has 1 aromatic carbocycles. The van der Waals surface area contributed by atoms with Crippen LogP contribution in [0.3, 0.4) is 0 Å². The van der Waals surface area contributed by atoms with Crippen molar-refractivity contribution in [2.45, 2.75) is 0 Å². The van der Waals surface area contributed by atoms with Crippen LogP contribution in [-0.2, 0) is 0 Å². The maximum absolute atomic E-state index is 14.0. The lowest BCUT2D eigenvalue weighted by atomic mass is 10.1. The van der Waals surface area contributed by atoms with Crippen LogP contribution >= 0.6 is 0 Å². The topological polar surface area (TPSA) is 180 Å². The molecule has 3 rings (SSSR count). The molecule has 0 radical (unpaired) electrons. The molecule has 0 atom stereocenters. The highest BCUT2D eigenvalue weighted by Gasteiger charge is 2.34. The third kappa shape index (κ3) is 2.26. The first-order valence-electron chi connectivity index (χ1n) is 6.67. The number of nitrogens with two attached hydrogens (primary N) is 1. The van der Waals surface area contributed by atoms with Gasteiger partial charge in [-0.15, -0.1) is 0 Å². The number of nitro groups is 2. The van der Waals surface area contributed by atoms with E-state index in [9.17, 15) is 39.0 Å². The largest absolute Gasteiger partial charge is 0.384 e. The van der Waals surface area contributed by atoms with Gasteiger partial charge in [-0.1, -0.05) is 0 Å². The number of nitrogens with zero attached hydrogens (tertiary/aromatic N) is 3. The minimum atomic E-state index is -1.46. The molecule has 1 aliphatic heterocycles. The fraction of sp³-hybridized carbons (Fsp3) is 0. The second kappa shape index (κ2) is 5.44. The number of hydrogen-bond acceptors (Lipinski definition) is 8. The summed E-state index contributed by atoms with van der Waals surface area (Å²) in [4.78, 5) is 55.4. The summed E-state index contributed by atoms with van der Waals surface area (Å²) in [5, 5.41) is 23.9. The molecule has 0 aliphatic carbocycles. The molecule has 2 aromatic rings. The van der Waals surface area contributed by atoms with Crippen LogP contribution in [0, 0.1) is 26.0 Å². The van der Waals surface area contributed by atoms with Gasteiger partial charge in [-0.25, -0.2) is 0 Å². The molecule has 0 bridgehead atoms. The second-order valence-corrected chi connectivity index (χ2v) is 5.08. The number of fused-ring (bicyclic) bond motifs is 1. The summed E-state index contributed by atoms with van der Waals surface area (Å²) in [6.07, 6.45) is 0. The minimum absolute atomic E-state index is 0.328. The Morgan fingerprint density at radius 3 is 2.19 bits per heavy atom. The molecule has 3 N–H and O–H groups in total. The lowest BCUT2D eigenvalue weighted by Gasteiger charge is -2.12. The van der Waals surface area contributed by atoms with Crippen molar-refractivity contribution in [1.29, 1.82) is 0 Å². The van der Waals surface area contributed by atoms with E-state index in [0.717, 1.165) is 0 Å². The Hall–Kier alpha value is -4.16. The monoisotopic (exact) mass is 363 g/mol. The van der Waals surface area contributed by atoms with Crippen molar-refractivity contribution >= 4 is 29.0 Å². The van der Waals surface area contributed by atoms with E-state index < -0.39 is 61.5 Å². The normalized spacial score (nSPS) is 12.7. The number of hydrogen-bond donors (Lipinski definition) is 2. The van der Waals surface area contributed by atoms with Crippen LogP contribution in [0.25, 0.3) is 5.69 Å². The van der Waals surface area contributed by atoms with E-state index >= 15 is 0 Å². The Morgan fingerprint density at radius 1 is 1.00 bits per heavy atom. The van der Waals surface area contributed by atoms with Gasteiger partial charge in [0.05, 0.1) is 27.0 Å². The van der Waals surface area contributed by atoms with E-state index in [2.05, 4.69) is 0 Å². The van der Waals surface area contributed by atoms with Crippen LogP contribution in [0.4, 0.5) is 21.6 Å². The number of aromatic nitrogens is 1. The average molecular weight is 363 g/mol. The fourth-order valence-electron chi connectivity index (χ4n) is 2.53. The van der Waals surface area contributed by atoms with Crippen molar-refractivity contribution in [3.8, 4) is 5.69 Å². The predicted molar refractivity (Wildman–Crippen MR) is 81.5 cm³/mol. The van der Waals surface area contributed by atoms with Gasteiger partial charge < -0.3 is 5.73 Å². The van der Waals surface area contributed by atoms with Crippen LogP contribution in [0.2, 0.25) is 0 Å². The Bertz CT molecular complexity index is 1110. The first-order chi connectivity index (χ1) is 12.1. The summed E-state index contributed by atoms with van der Waals surface area (Å²) in [5.41, 5.74) is 0.997. The Morgan fingerprint density at radius 2 is 1.62 bits per heavy atom. The molecule has 0 saturated heterocycles. The lowest BCUT2D eigenvalue weighted by Crippen LogP contribution is -2.25. The number of imide groups is 1. The molecule has 1 aliphatic rings. The summed E-state index contributed by atoms with van der Waals surface area (Å²) in [6.45, 7) is 0. The SMILES string of the molecule is Nc1c2c(cc(=O)n1-c1cc(F)c([N+](=O)[O-])cc1[N+](=O)[O-])C(=O)NC2=O. The van der Waals surface area contributed by atoms with Crippen molar-refractivity contribution in [3.63, 3.8) is 0 Å². The van der Waals surface area contributed by atoms with Crippen molar-refractivity contribution in [1.82, 2.24) is 9.88 Å². The number of anilines is 1. The van der Waals surface area contributed by atoms with Gasteiger partial charge in [0.25, 0.3) is 23.1 Å². The van der Waals surface area contributed by atoms with E-state index in [0.29, 0.717) is 22.8 Å². The van der Waals surface area contributed by atoms with Crippen LogP contribution in [-0.4, -0.2) is 26.2 Å². The minimum Gasteiger partial charge on any atom is -0.384 e. The highest BCUT2D eigenvalue weighted by atomic mass is 19.1. The third-order valence-electron chi connectivity index (χ3n) is 3.63. The molecular formula is C13H6FN5O7. The van der Waals surface area contributed by atoms with Crippen molar-refractivity contribution in [2.75, 3.05) is 5.73 Å². The number of rotatable bonds is 3. The molecule has 2 amide bonds. The fourth-order valence-corrected chi connectivity index (χ4v) is 2.53. The number of nitrogen functional groups attached to an aromatic ring is 1. The molecule has 2 heterocycles. The first kappa shape index (κ1) is 16.7. The molecule has 0 spiro atoms. The highest BCUT2D eigenvalue weighted by molar-refractivity contribution is 6.23. The van der Waals surface area contributed by atoms with Gasteiger partial charge in [0.1, 0.15) is 11.5 Å². The number of nitro benzene ring substituents is 2. The molecule has 1 aromatic heterocycles. The maximum Gasteiger partial charge on any atom is 0.311 e. The summed E-state index contributed by atoms with van der Waals surface area (Å²) >= 11 is 0. The quantitative estimate of drug-likeness (QED) is 0.442. The molecule has 132 valence electrons. The summed E-state index contributed by atoms with van der Waals surface area (Å²) in [7, 11) is 0. The van der Waals surface area contributed by atoms with Gasteiger partial charge in [-0.05, 0) is 0 Å². The maximum atomic E-state index is 14.0. The number of nitrogens with one attached hydrogen (secondary N) is 1. The van der Waals surface area contributed by atoms with E-state index in [1.807, 2.05) is 5.32 Å². The molecule has 0 unspecified atom stereocenters. The predicted octanol–water partition coefficient (Wildman–Crippen LogP) is 0.259. The summed E-state index contributed by atoms with van der Waals surface area (Å²) in [6, 6.07) is 1.42. The number of amides is 2. The number of halogens is 1. The van der Waals surface area contributed by atoms with Crippen molar-refractivity contribution in [3.05, 3.63) is 65.7 Å². The van der Waals surface area contributed by atoms with Gasteiger partial charge in [0, 0.05) is 12.1 Å². The molecule has 26 heavy (non-hydrogen) atoms. The van der Waals surface area contributed by atoms with E-state index in [4.69, 9.17) is 5.73 Å². The zero-order valence-corrected chi connectivity index (χ0v) is 12.4. The summed E-state index contributed by atoms with van der Waals surface area (Å²) < 4.78 is 14.4. The molecule has 13 heteroatoms. The van der Waals surface area contributed by atoms with Gasteiger partial charge in [0.2, 0.25) is 5.82 Å². The Kier molecular flexibility index (Phi) is 3.49. The standard InChI is InChI=1S/C13H6FN5O7/c14-5-2-7(8(19(25)26)3-6(5)18(23)24)17-9(20)1-4-10(11(17)15)13(22)16-12(4)21/h1-3H,15H2,(H,16,21,22). The average Bonchev–Trinajstić information content (AvgIpc) is 2.81. The molecule has 12 nitrogen and oxygen atoms in total. The van der Waals surface area contributed by atoms with Crippen LogP contribution < -0.4 is 16.6 Å². The van der Waals surface area contributed by atoms with Crippen LogP contribution in [0.15, 0.2) is 23.0 Å². The van der Waals surface area contributed by atoms with Crippen molar-refractivity contribution in [2.24, 2.45) is 0 Å². The first-order valence-corrected chi connectivity index (χ1v) is 6.67. The van der Waals surface area contributed by atoms with Gasteiger partial charge in [0.15, 0.2) is 0 Å². The summed E-state index contributed by atoms with van der Waals surface area (Å²) in [5.74, 6) is -3.93. The third-order valence-corrected chi connectivity index (χ3v) is 3.63. The molecule has 0 fully saturated rings. The Labute approximate surface area is 140 Å². The molecule has 0 saturated carbocycles. The number of pyridine rings is 1. The smallest absolute Gasteiger partial charge is 0.311 e. The number of carbonyl (C=O) groups excluding carboxylic acids is 2. The van der Waals surface area contributed by atoms with Gasteiger partial charge in [-0.3, -0.25) is 44.5 Å². The van der Waals surface area contributed by atoms with Gasteiger partial charge >= 0.3 is 5.69 Å². The lowest BCUT2D eigenvalue weighted by molar-refractivity contribution is -0.395. The van der Waals surface area contributed by atoms with E-state index in [-0.39, 0.29) is 5.56 Å². The zero-order chi connectivity index (χ0) is 19.3. The van der Waals surface area contributed by atoms with Crippen LogP contribution in [0.5, 0.6) is 0 Å². The zero-order valence-electron chi connectivity index (χ0n) is 12.4. The van der Waals surface area contributed by atoms with Crippen LogP contribution in [0.1, 0.15) is 20.7 Å². The Balaban J connectivity index is 2.41. The highest BCUT2D eigenvalue weighted by Crippen LogP contribution is 2.32. The van der Waals surface area contributed by atoms with Gasteiger partial charge in [-0.2, -0.15) is 4.39 Å². The van der Waals surface area contributed by atoms with Crippen molar-refractivity contribution < 1.29 is 23.8 Å². The van der Waals surface area contributed by atoms with E-state index in [1.54, 1.807) is 0 Å². The second-order valence-electron chi connectivity index (χ2n) is 5.08. The number of benzene rings is 1. The van der Waals surface area contributed by atoms with E-state index in [1.165, 1.54) is 0 Å².